The summed E-state index contributed by atoms with van der Waals surface area (Å²) in [6.45, 7) is 5.11. The molecule has 1 aliphatic heterocycles. The predicted molar refractivity (Wildman–Crippen MR) is 98.2 cm³/mol. The molecule has 1 aromatic rings. The maximum absolute atomic E-state index is 12.7. The molecule has 0 bridgehead atoms. The lowest BCUT2D eigenvalue weighted by atomic mass is 10.1. The average Bonchev–Trinajstić information content (AvgIpc) is 2.86. The average molecular weight is 368 g/mol. The summed E-state index contributed by atoms with van der Waals surface area (Å²) in [5, 5.41) is 3.47. The summed E-state index contributed by atoms with van der Waals surface area (Å²) in [4.78, 5) is 28.3. The lowest BCUT2D eigenvalue weighted by molar-refractivity contribution is -0.130. The number of hydrogen-bond donors (Lipinski definition) is 1. The Morgan fingerprint density at radius 2 is 1.92 bits per heavy atom. The van der Waals surface area contributed by atoms with Crippen molar-refractivity contribution in [3.05, 3.63) is 28.8 Å². The first-order chi connectivity index (χ1) is 12.0. The van der Waals surface area contributed by atoms with E-state index in [1.165, 1.54) is 0 Å². The number of carbonyl (C=O) groups excluding carboxylic acids is 2. The lowest BCUT2D eigenvalue weighted by Crippen LogP contribution is -2.43. The van der Waals surface area contributed by atoms with Crippen LogP contribution in [0.3, 0.4) is 0 Å². The van der Waals surface area contributed by atoms with Gasteiger partial charge in [-0.1, -0.05) is 18.5 Å². The van der Waals surface area contributed by atoms with E-state index in [9.17, 15) is 9.59 Å². The second kappa shape index (κ2) is 9.51. The lowest BCUT2D eigenvalue weighted by Gasteiger charge is -2.22. The monoisotopic (exact) mass is 367 g/mol. The first-order valence-electron chi connectivity index (χ1n) is 8.68. The van der Waals surface area contributed by atoms with Crippen LogP contribution in [0.25, 0.3) is 0 Å². The van der Waals surface area contributed by atoms with Crippen molar-refractivity contribution in [3.63, 3.8) is 0 Å². The van der Waals surface area contributed by atoms with Gasteiger partial charge in [-0.05, 0) is 31.0 Å². The van der Waals surface area contributed by atoms with Gasteiger partial charge in [-0.25, -0.2) is 4.79 Å². The number of methoxy groups -OCH3 is 1. The van der Waals surface area contributed by atoms with Gasteiger partial charge < -0.3 is 19.9 Å². The topological polar surface area (TPSA) is 61.9 Å². The fourth-order valence-corrected chi connectivity index (χ4v) is 3.07. The second-order valence-electron chi connectivity index (χ2n) is 6.09. The van der Waals surface area contributed by atoms with Gasteiger partial charge >= 0.3 is 6.03 Å². The number of nitrogens with one attached hydrogen (secondary N) is 1. The Morgan fingerprint density at radius 1 is 1.20 bits per heavy atom. The van der Waals surface area contributed by atoms with Crippen LogP contribution in [-0.2, 0) is 11.2 Å². The van der Waals surface area contributed by atoms with Crippen LogP contribution in [0.2, 0.25) is 5.02 Å². The maximum atomic E-state index is 12.7. The van der Waals surface area contributed by atoms with Crippen molar-refractivity contribution in [2.45, 2.75) is 26.2 Å². The molecule has 1 N–H and O–H groups in total. The molecule has 25 heavy (non-hydrogen) atoms. The second-order valence-corrected chi connectivity index (χ2v) is 6.52. The third-order valence-electron chi connectivity index (χ3n) is 4.25. The summed E-state index contributed by atoms with van der Waals surface area (Å²) in [5.74, 6) is 0.685. The molecule has 1 aliphatic rings. The third-order valence-corrected chi connectivity index (χ3v) is 4.48. The molecule has 0 saturated carbocycles. The van der Waals surface area contributed by atoms with Crippen LogP contribution < -0.4 is 10.1 Å². The molecule has 0 radical (unpaired) electrons. The molecule has 0 spiro atoms. The fourth-order valence-electron chi connectivity index (χ4n) is 2.87. The molecule has 1 aromatic carbocycles. The van der Waals surface area contributed by atoms with Crippen molar-refractivity contribution in [1.82, 2.24) is 15.1 Å². The summed E-state index contributed by atoms with van der Waals surface area (Å²) in [7, 11) is 1.58. The van der Waals surface area contributed by atoms with Crippen LogP contribution >= 0.6 is 11.6 Å². The summed E-state index contributed by atoms with van der Waals surface area (Å²) >= 11 is 6.03. The summed E-state index contributed by atoms with van der Waals surface area (Å²) in [5.41, 5.74) is 0.779. The van der Waals surface area contributed by atoms with Crippen molar-refractivity contribution in [3.8, 4) is 5.75 Å². The third kappa shape index (κ3) is 5.53. The van der Waals surface area contributed by atoms with Gasteiger partial charge in [0, 0.05) is 43.3 Å². The minimum Gasteiger partial charge on any atom is -0.496 e. The molecule has 138 valence electrons. The van der Waals surface area contributed by atoms with Crippen LogP contribution in [0, 0.1) is 0 Å². The quantitative estimate of drug-likeness (QED) is 0.869. The van der Waals surface area contributed by atoms with E-state index in [0.29, 0.717) is 43.5 Å². The number of benzene rings is 1. The van der Waals surface area contributed by atoms with E-state index in [-0.39, 0.29) is 18.4 Å². The van der Waals surface area contributed by atoms with Gasteiger partial charge in [0.15, 0.2) is 0 Å². The van der Waals surface area contributed by atoms with Gasteiger partial charge in [-0.3, -0.25) is 4.79 Å². The van der Waals surface area contributed by atoms with E-state index in [0.717, 1.165) is 18.4 Å². The molecule has 6 nitrogen and oxygen atoms in total. The van der Waals surface area contributed by atoms with Gasteiger partial charge in [-0.15, -0.1) is 0 Å². The Balaban J connectivity index is 1.95. The minimum absolute atomic E-state index is 0.0244. The van der Waals surface area contributed by atoms with E-state index in [1.807, 2.05) is 11.8 Å². The van der Waals surface area contributed by atoms with Crippen molar-refractivity contribution in [2.75, 3.05) is 39.8 Å². The zero-order valence-electron chi connectivity index (χ0n) is 14.9. The van der Waals surface area contributed by atoms with E-state index >= 15 is 0 Å². The smallest absolute Gasteiger partial charge is 0.317 e. The molecular formula is C18H26ClN3O3. The molecule has 1 fully saturated rings. The van der Waals surface area contributed by atoms with Crippen LogP contribution in [-0.4, -0.2) is 61.6 Å². The number of carbonyl (C=O) groups is 2. The molecule has 1 heterocycles. The van der Waals surface area contributed by atoms with Crippen molar-refractivity contribution in [2.24, 2.45) is 0 Å². The molecule has 0 atom stereocenters. The minimum atomic E-state index is -0.0485. The highest BCUT2D eigenvalue weighted by Crippen LogP contribution is 2.23. The number of hydrogen-bond acceptors (Lipinski definition) is 3. The van der Waals surface area contributed by atoms with E-state index in [1.54, 1.807) is 30.2 Å². The summed E-state index contributed by atoms with van der Waals surface area (Å²) in [6, 6.07) is 5.23. The standard InChI is InChI=1S/C18H26ClN3O3/c1-3-7-20-18(24)22-9-4-8-21(10-11-22)17(23)13-14-12-15(19)5-6-16(14)25-2/h5-6,12H,3-4,7-11,13H2,1-2H3,(H,20,24). The Hall–Kier alpha value is -1.95. The highest BCUT2D eigenvalue weighted by Gasteiger charge is 2.22. The van der Waals surface area contributed by atoms with Crippen molar-refractivity contribution in [1.29, 1.82) is 0 Å². The Labute approximate surface area is 154 Å². The number of amides is 3. The van der Waals surface area contributed by atoms with Crippen molar-refractivity contribution >= 4 is 23.5 Å². The van der Waals surface area contributed by atoms with Gasteiger partial charge in [-0.2, -0.15) is 0 Å². The number of urea groups is 1. The fraction of sp³-hybridized carbons (Fsp3) is 0.556. The molecule has 0 unspecified atom stereocenters. The van der Waals surface area contributed by atoms with Crippen LogP contribution in [0.1, 0.15) is 25.3 Å². The van der Waals surface area contributed by atoms with E-state index in [4.69, 9.17) is 16.3 Å². The molecule has 3 amide bonds. The number of ether oxygens (including phenoxy) is 1. The first-order valence-corrected chi connectivity index (χ1v) is 9.06. The van der Waals surface area contributed by atoms with Gasteiger partial charge in [0.1, 0.15) is 5.75 Å². The van der Waals surface area contributed by atoms with E-state index < -0.39 is 0 Å². The molecule has 0 aliphatic carbocycles. The number of rotatable bonds is 5. The zero-order chi connectivity index (χ0) is 18.2. The SMILES string of the molecule is CCCNC(=O)N1CCCN(C(=O)Cc2cc(Cl)ccc2OC)CC1. The Morgan fingerprint density at radius 3 is 2.64 bits per heavy atom. The zero-order valence-corrected chi connectivity index (χ0v) is 15.6. The highest BCUT2D eigenvalue weighted by atomic mass is 35.5. The first kappa shape index (κ1) is 19.4. The number of halogens is 1. The molecule has 0 aromatic heterocycles. The van der Waals surface area contributed by atoms with Crippen molar-refractivity contribution < 1.29 is 14.3 Å². The largest absolute Gasteiger partial charge is 0.496 e. The van der Waals surface area contributed by atoms with Crippen LogP contribution in [0.4, 0.5) is 4.79 Å². The Kier molecular flexibility index (Phi) is 7.37. The summed E-state index contributed by atoms with van der Waals surface area (Å²) < 4.78 is 5.31. The number of nitrogens with zero attached hydrogens (tertiary/aromatic N) is 2. The molecule has 7 heteroatoms. The molecular weight excluding hydrogens is 342 g/mol. The normalized spacial score (nSPS) is 14.8. The van der Waals surface area contributed by atoms with E-state index in [2.05, 4.69) is 5.32 Å². The van der Waals surface area contributed by atoms with Crippen LogP contribution in [0.5, 0.6) is 5.75 Å². The van der Waals surface area contributed by atoms with Gasteiger partial charge in [0.05, 0.1) is 13.5 Å². The van der Waals surface area contributed by atoms with Gasteiger partial charge in [0.25, 0.3) is 0 Å². The maximum Gasteiger partial charge on any atom is 0.317 e. The highest BCUT2D eigenvalue weighted by molar-refractivity contribution is 6.30. The van der Waals surface area contributed by atoms with Crippen LogP contribution in [0.15, 0.2) is 18.2 Å². The predicted octanol–water partition coefficient (Wildman–Crippen LogP) is 2.55. The van der Waals surface area contributed by atoms with Gasteiger partial charge in [0.2, 0.25) is 5.91 Å². The molecule has 1 saturated heterocycles. The molecule has 2 rings (SSSR count). The summed E-state index contributed by atoms with van der Waals surface area (Å²) in [6.07, 6.45) is 1.93. The Bertz CT molecular complexity index is 609.